The summed E-state index contributed by atoms with van der Waals surface area (Å²) in [6, 6.07) is 17.2. The maximum atomic E-state index is 6.01. The zero-order valence-electron chi connectivity index (χ0n) is 13.9. The van der Waals surface area contributed by atoms with Gasteiger partial charge in [-0.05, 0) is 24.6 Å². The highest BCUT2D eigenvalue weighted by Gasteiger charge is 2.09. The van der Waals surface area contributed by atoms with E-state index < -0.39 is 0 Å². The minimum Gasteiger partial charge on any atom is -0.278 e. The van der Waals surface area contributed by atoms with Crippen LogP contribution in [0.1, 0.15) is 25.5 Å². The summed E-state index contributed by atoms with van der Waals surface area (Å²) in [6.07, 6.45) is 3.36. The SMILES string of the molecule is CCCC(=NNc1cccc(Cl)c1)c1cnnc(-c2ccccc2)n1. The van der Waals surface area contributed by atoms with Gasteiger partial charge in [0.2, 0.25) is 0 Å². The fourth-order valence-corrected chi connectivity index (χ4v) is 2.51. The Morgan fingerprint density at radius 3 is 2.72 bits per heavy atom. The Kier molecular flexibility index (Phi) is 5.69. The average molecular weight is 352 g/mol. The van der Waals surface area contributed by atoms with E-state index in [1.165, 1.54) is 0 Å². The Labute approximate surface area is 151 Å². The molecule has 0 amide bonds. The third kappa shape index (κ3) is 4.61. The van der Waals surface area contributed by atoms with Crippen LogP contribution in [-0.4, -0.2) is 20.9 Å². The maximum absolute atomic E-state index is 6.01. The standard InChI is InChI=1S/C19H18ClN5/c1-2-7-17(24-23-16-11-6-10-15(20)12-16)18-13-21-25-19(22-18)14-8-4-3-5-9-14/h3-6,8-13,23H,2,7H2,1H3. The molecule has 0 unspecified atom stereocenters. The lowest BCUT2D eigenvalue weighted by molar-refractivity contribution is 0.944. The molecule has 0 aliphatic carbocycles. The van der Waals surface area contributed by atoms with Gasteiger partial charge in [0.15, 0.2) is 5.82 Å². The predicted molar refractivity (Wildman–Crippen MR) is 102 cm³/mol. The smallest absolute Gasteiger partial charge is 0.182 e. The number of aromatic nitrogens is 3. The lowest BCUT2D eigenvalue weighted by Gasteiger charge is -2.07. The van der Waals surface area contributed by atoms with Crippen LogP contribution in [-0.2, 0) is 0 Å². The minimum atomic E-state index is 0.588. The van der Waals surface area contributed by atoms with Crippen LogP contribution in [0.2, 0.25) is 5.02 Å². The Bertz CT molecular complexity index is 864. The number of nitrogens with zero attached hydrogens (tertiary/aromatic N) is 4. The molecule has 1 heterocycles. The summed E-state index contributed by atoms with van der Waals surface area (Å²) < 4.78 is 0. The fraction of sp³-hybridized carbons (Fsp3) is 0.158. The van der Waals surface area contributed by atoms with Crippen LogP contribution < -0.4 is 5.43 Å². The van der Waals surface area contributed by atoms with Crippen LogP contribution in [0, 0.1) is 0 Å². The third-order valence-electron chi connectivity index (χ3n) is 3.52. The molecule has 0 aliphatic rings. The van der Waals surface area contributed by atoms with Crippen molar-refractivity contribution in [2.24, 2.45) is 5.10 Å². The highest BCUT2D eigenvalue weighted by Crippen LogP contribution is 2.16. The first-order valence-electron chi connectivity index (χ1n) is 8.10. The van der Waals surface area contributed by atoms with Crippen molar-refractivity contribution in [1.82, 2.24) is 15.2 Å². The number of benzene rings is 2. The van der Waals surface area contributed by atoms with Crippen LogP contribution in [0.25, 0.3) is 11.4 Å². The number of hydrazone groups is 1. The van der Waals surface area contributed by atoms with E-state index in [9.17, 15) is 0 Å². The first-order chi connectivity index (χ1) is 12.3. The maximum Gasteiger partial charge on any atom is 0.182 e. The third-order valence-corrected chi connectivity index (χ3v) is 3.75. The molecule has 0 saturated heterocycles. The molecule has 0 aliphatic heterocycles. The van der Waals surface area contributed by atoms with Crippen molar-refractivity contribution < 1.29 is 0 Å². The van der Waals surface area contributed by atoms with E-state index in [0.717, 1.165) is 29.8 Å². The monoisotopic (exact) mass is 351 g/mol. The zero-order chi connectivity index (χ0) is 17.5. The summed E-state index contributed by atoms with van der Waals surface area (Å²) in [5.74, 6) is 0.588. The van der Waals surface area contributed by atoms with Gasteiger partial charge in [-0.1, -0.05) is 61.3 Å². The van der Waals surface area contributed by atoms with Crippen molar-refractivity contribution in [2.75, 3.05) is 5.43 Å². The molecular formula is C19H18ClN5. The first kappa shape index (κ1) is 17.0. The second-order valence-electron chi connectivity index (χ2n) is 5.46. The summed E-state index contributed by atoms with van der Waals surface area (Å²) in [5, 5.41) is 13.4. The van der Waals surface area contributed by atoms with E-state index >= 15 is 0 Å². The average Bonchev–Trinajstić information content (AvgIpc) is 2.66. The van der Waals surface area contributed by atoms with Gasteiger partial charge in [-0.15, -0.1) is 5.10 Å². The highest BCUT2D eigenvalue weighted by atomic mass is 35.5. The van der Waals surface area contributed by atoms with Crippen molar-refractivity contribution in [3.8, 4) is 11.4 Å². The largest absolute Gasteiger partial charge is 0.278 e. The van der Waals surface area contributed by atoms with Crippen LogP contribution in [0.15, 0.2) is 65.9 Å². The molecule has 25 heavy (non-hydrogen) atoms. The van der Waals surface area contributed by atoms with E-state index in [4.69, 9.17) is 11.6 Å². The van der Waals surface area contributed by atoms with Crippen LogP contribution >= 0.6 is 11.6 Å². The Morgan fingerprint density at radius 1 is 1.12 bits per heavy atom. The molecule has 126 valence electrons. The molecule has 0 bridgehead atoms. The molecule has 5 nitrogen and oxygen atoms in total. The van der Waals surface area contributed by atoms with E-state index in [1.54, 1.807) is 6.20 Å². The summed E-state index contributed by atoms with van der Waals surface area (Å²) in [5.41, 5.74) is 6.34. The van der Waals surface area contributed by atoms with Gasteiger partial charge in [0, 0.05) is 10.6 Å². The topological polar surface area (TPSA) is 63.1 Å². The van der Waals surface area contributed by atoms with E-state index in [2.05, 4.69) is 32.6 Å². The summed E-state index contributed by atoms with van der Waals surface area (Å²) >= 11 is 6.01. The summed E-state index contributed by atoms with van der Waals surface area (Å²) in [4.78, 5) is 4.62. The first-order valence-corrected chi connectivity index (χ1v) is 8.47. The van der Waals surface area contributed by atoms with E-state index in [1.807, 2.05) is 54.6 Å². The van der Waals surface area contributed by atoms with E-state index in [-0.39, 0.29) is 0 Å². The fourth-order valence-electron chi connectivity index (χ4n) is 2.32. The van der Waals surface area contributed by atoms with Gasteiger partial charge in [0.25, 0.3) is 0 Å². The van der Waals surface area contributed by atoms with Crippen molar-refractivity contribution in [2.45, 2.75) is 19.8 Å². The van der Waals surface area contributed by atoms with Crippen LogP contribution in [0.5, 0.6) is 0 Å². The number of hydrogen-bond donors (Lipinski definition) is 1. The Hall–Kier alpha value is -2.79. The molecule has 0 atom stereocenters. The van der Waals surface area contributed by atoms with Crippen LogP contribution in [0.3, 0.4) is 0 Å². The molecule has 0 spiro atoms. The van der Waals surface area contributed by atoms with Crippen LogP contribution in [0.4, 0.5) is 5.69 Å². The normalized spacial score (nSPS) is 11.4. The molecule has 1 N–H and O–H groups in total. The molecule has 0 saturated carbocycles. The second-order valence-corrected chi connectivity index (χ2v) is 5.90. The molecule has 3 rings (SSSR count). The number of rotatable bonds is 6. The van der Waals surface area contributed by atoms with Gasteiger partial charge in [-0.3, -0.25) is 5.43 Å². The Balaban J connectivity index is 1.89. The van der Waals surface area contributed by atoms with Crippen molar-refractivity contribution in [1.29, 1.82) is 0 Å². The predicted octanol–water partition coefficient (Wildman–Crippen LogP) is 4.81. The van der Waals surface area contributed by atoms with Crippen molar-refractivity contribution >= 4 is 23.0 Å². The minimum absolute atomic E-state index is 0.588. The lowest BCUT2D eigenvalue weighted by atomic mass is 10.1. The number of nitrogens with one attached hydrogen (secondary N) is 1. The Morgan fingerprint density at radius 2 is 1.96 bits per heavy atom. The summed E-state index contributed by atoms with van der Waals surface area (Å²) in [7, 11) is 0. The number of hydrogen-bond acceptors (Lipinski definition) is 5. The molecule has 6 heteroatoms. The molecular weight excluding hydrogens is 334 g/mol. The van der Waals surface area contributed by atoms with Crippen molar-refractivity contribution in [3.63, 3.8) is 0 Å². The van der Waals surface area contributed by atoms with Gasteiger partial charge >= 0.3 is 0 Å². The molecule has 0 fully saturated rings. The van der Waals surface area contributed by atoms with Gasteiger partial charge in [-0.25, -0.2) is 4.98 Å². The van der Waals surface area contributed by atoms with E-state index in [0.29, 0.717) is 16.5 Å². The number of halogens is 1. The highest BCUT2D eigenvalue weighted by molar-refractivity contribution is 6.30. The molecule has 2 aromatic carbocycles. The zero-order valence-corrected chi connectivity index (χ0v) is 14.6. The van der Waals surface area contributed by atoms with Gasteiger partial charge < -0.3 is 0 Å². The number of anilines is 1. The van der Waals surface area contributed by atoms with Crippen molar-refractivity contribution in [3.05, 3.63) is 71.5 Å². The second kappa shape index (κ2) is 8.35. The lowest BCUT2D eigenvalue weighted by Crippen LogP contribution is -2.09. The van der Waals surface area contributed by atoms with Gasteiger partial charge in [0.05, 0.1) is 17.6 Å². The van der Waals surface area contributed by atoms with Gasteiger partial charge in [0.1, 0.15) is 5.69 Å². The molecule has 3 aromatic rings. The molecule has 0 radical (unpaired) electrons. The van der Waals surface area contributed by atoms with Gasteiger partial charge in [-0.2, -0.15) is 10.2 Å². The summed E-state index contributed by atoms with van der Waals surface area (Å²) in [6.45, 7) is 2.10. The molecule has 1 aromatic heterocycles. The quantitative estimate of drug-likeness (QED) is 0.511.